The monoisotopic (exact) mass is 354 g/mol. The van der Waals surface area contributed by atoms with Gasteiger partial charge in [0.05, 0.1) is 18.3 Å². The average molecular weight is 354 g/mol. The maximum atomic E-state index is 10.5. The summed E-state index contributed by atoms with van der Waals surface area (Å²) in [7, 11) is 0. The molecule has 0 radical (unpaired) electrons. The Labute approximate surface area is 151 Å². The van der Waals surface area contributed by atoms with Gasteiger partial charge in [0.1, 0.15) is 0 Å². The van der Waals surface area contributed by atoms with Crippen molar-refractivity contribution < 1.29 is 25.2 Å². The topological polar surface area (TPSA) is 98.0 Å². The fraction of sp³-hybridized carbons (Fsp3) is 0.750. The molecule has 0 amide bonds. The molecule has 0 aliphatic heterocycles. The molecule has 0 aromatic rings. The molecule has 1 aliphatic carbocycles. The Morgan fingerprint density at radius 1 is 1.16 bits per heavy atom. The van der Waals surface area contributed by atoms with Crippen LogP contribution >= 0.6 is 0 Å². The predicted octanol–water partition coefficient (Wildman–Crippen LogP) is 3.04. The molecule has 0 unspecified atom stereocenters. The van der Waals surface area contributed by atoms with E-state index in [0.29, 0.717) is 25.7 Å². The van der Waals surface area contributed by atoms with Crippen LogP contribution < -0.4 is 0 Å². The highest BCUT2D eigenvalue weighted by molar-refractivity contribution is 5.66. The Hall–Kier alpha value is -1.17. The Morgan fingerprint density at radius 2 is 1.92 bits per heavy atom. The number of allylic oxidation sites excluding steroid dienone is 2. The van der Waals surface area contributed by atoms with Crippen LogP contribution in [-0.2, 0) is 4.79 Å². The maximum Gasteiger partial charge on any atom is 0.303 e. The third-order valence-corrected chi connectivity index (χ3v) is 4.91. The van der Waals surface area contributed by atoms with Gasteiger partial charge in [-0.1, -0.05) is 50.5 Å². The molecule has 5 atom stereocenters. The van der Waals surface area contributed by atoms with E-state index in [4.69, 9.17) is 5.11 Å². The largest absolute Gasteiger partial charge is 0.481 e. The van der Waals surface area contributed by atoms with Gasteiger partial charge in [0, 0.05) is 18.8 Å². The van der Waals surface area contributed by atoms with Crippen LogP contribution in [0.15, 0.2) is 24.3 Å². The van der Waals surface area contributed by atoms with E-state index in [2.05, 4.69) is 6.92 Å². The van der Waals surface area contributed by atoms with Crippen LogP contribution in [-0.4, -0.2) is 44.7 Å². The van der Waals surface area contributed by atoms with E-state index >= 15 is 0 Å². The van der Waals surface area contributed by atoms with E-state index in [9.17, 15) is 20.1 Å². The number of hydrogen-bond acceptors (Lipinski definition) is 4. The minimum absolute atomic E-state index is 0.0650. The Kier molecular flexibility index (Phi) is 10.7. The second-order valence-electron chi connectivity index (χ2n) is 7.05. The van der Waals surface area contributed by atoms with Crippen LogP contribution in [0.2, 0.25) is 0 Å². The zero-order valence-electron chi connectivity index (χ0n) is 15.3. The number of hydrogen-bond donors (Lipinski definition) is 4. The summed E-state index contributed by atoms with van der Waals surface area (Å²) in [6, 6.07) is 0. The average Bonchev–Trinajstić information content (AvgIpc) is 2.82. The molecule has 1 aliphatic rings. The van der Waals surface area contributed by atoms with Crippen LogP contribution in [0.4, 0.5) is 0 Å². The summed E-state index contributed by atoms with van der Waals surface area (Å²) >= 11 is 0. The quantitative estimate of drug-likeness (QED) is 0.319. The van der Waals surface area contributed by atoms with Gasteiger partial charge in [0.25, 0.3) is 0 Å². The van der Waals surface area contributed by atoms with Crippen molar-refractivity contribution in [2.24, 2.45) is 11.8 Å². The summed E-state index contributed by atoms with van der Waals surface area (Å²) in [4.78, 5) is 10.5. The molecule has 144 valence electrons. The lowest BCUT2D eigenvalue weighted by Crippen LogP contribution is -2.20. The van der Waals surface area contributed by atoms with Crippen molar-refractivity contribution in [3.05, 3.63) is 24.3 Å². The molecule has 1 saturated carbocycles. The molecule has 0 bridgehead atoms. The molecule has 1 fully saturated rings. The van der Waals surface area contributed by atoms with Crippen molar-refractivity contribution in [3.63, 3.8) is 0 Å². The third kappa shape index (κ3) is 8.66. The van der Waals surface area contributed by atoms with Crippen molar-refractivity contribution >= 4 is 5.97 Å². The molecule has 0 saturated heterocycles. The van der Waals surface area contributed by atoms with Crippen molar-refractivity contribution in [1.82, 2.24) is 0 Å². The first-order valence-electron chi connectivity index (χ1n) is 9.55. The lowest BCUT2D eigenvalue weighted by molar-refractivity contribution is -0.137. The number of aliphatic hydroxyl groups is 3. The van der Waals surface area contributed by atoms with Gasteiger partial charge in [-0.15, -0.1) is 0 Å². The normalized spacial score (nSPS) is 28.2. The highest BCUT2D eigenvalue weighted by Gasteiger charge is 2.39. The molecule has 0 spiro atoms. The van der Waals surface area contributed by atoms with E-state index in [1.165, 1.54) is 0 Å². The minimum atomic E-state index is -0.787. The fourth-order valence-electron chi connectivity index (χ4n) is 3.41. The molecule has 1 rings (SSSR count). The first-order valence-corrected chi connectivity index (χ1v) is 9.55. The number of rotatable bonds is 12. The van der Waals surface area contributed by atoms with Gasteiger partial charge in [0.15, 0.2) is 0 Å². The number of carboxylic acids is 1. The van der Waals surface area contributed by atoms with Crippen LogP contribution in [0.25, 0.3) is 0 Å². The molecule has 4 N–H and O–H groups in total. The summed E-state index contributed by atoms with van der Waals surface area (Å²) in [6.45, 7) is 2.12. The third-order valence-electron chi connectivity index (χ3n) is 4.91. The van der Waals surface area contributed by atoms with E-state index in [0.717, 1.165) is 25.7 Å². The molecule has 25 heavy (non-hydrogen) atoms. The van der Waals surface area contributed by atoms with Crippen molar-refractivity contribution in [1.29, 1.82) is 0 Å². The molecule has 5 heteroatoms. The second kappa shape index (κ2) is 12.2. The van der Waals surface area contributed by atoms with Gasteiger partial charge in [-0.25, -0.2) is 0 Å². The van der Waals surface area contributed by atoms with Gasteiger partial charge in [0.2, 0.25) is 0 Å². The number of unbranched alkanes of at least 4 members (excludes halogenated alkanes) is 3. The minimum Gasteiger partial charge on any atom is -0.481 e. The zero-order chi connectivity index (χ0) is 18.7. The lowest BCUT2D eigenvalue weighted by Gasteiger charge is -2.19. The summed E-state index contributed by atoms with van der Waals surface area (Å²) in [5.41, 5.74) is 0. The Balaban J connectivity index is 2.46. The van der Waals surface area contributed by atoms with Gasteiger partial charge in [-0.05, 0) is 31.6 Å². The van der Waals surface area contributed by atoms with Crippen LogP contribution in [0.5, 0.6) is 0 Å². The fourth-order valence-corrected chi connectivity index (χ4v) is 3.41. The standard InChI is InChI=1S/C20H34O5/c1-2-3-6-9-15(21)12-13-17-16(18(22)14-19(17)23)10-7-4-5-8-11-20(24)25/h4,7,12-13,15-19,21-23H,2-3,5-6,8-11,14H2,1H3,(H,24,25)/b7-4?,13-12+/t15-,16+,17+,18-,19+/m0/s1. The summed E-state index contributed by atoms with van der Waals surface area (Å²) in [6.07, 6.45) is 12.3. The first-order chi connectivity index (χ1) is 12.0. The van der Waals surface area contributed by atoms with Crippen molar-refractivity contribution in [2.75, 3.05) is 0 Å². The Morgan fingerprint density at radius 3 is 2.60 bits per heavy atom. The summed E-state index contributed by atoms with van der Waals surface area (Å²) < 4.78 is 0. The van der Waals surface area contributed by atoms with Crippen molar-refractivity contribution in [2.45, 2.75) is 83.0 Å². The van der Waals surface area contributed by atoms with Gasteiger partial charge < -0.3 is 20.4 Å². The van der Waals surface area contributed by atoms with E-state index in [1.807, 2.05) is 18.2 Å². The highest BCUT2D eigenvalue weighted by Crippen LogP contribution is 2.36. The molecular formula is C20H34O5. The lowest BCUT2D eigenvalue weighted by atomic mass is 9.89. The summed E-state index contributed by atoms with van der Waals surface area (Å²) in [5, 5.41) is 39.0. The van der Waals surface area contributed by atoms with E-state index in [-0.39, 0.29) is 18.3 Å². The highest BCUT2D eigenvalue weighted by atomic mass is 16.4. The number of aliphatic hydroxyl groups excluding tert-OH is 3. The number of carboxylic acid groups (broad SMARTS) is 1. The van der Waals surface area contributed by atoms with Gasteiger partial charge in [-0.3, -0.25) is 4.79 Å². The number of carbonyl (C=O) groups is 1. The summed E-state index contributed by atoms with van der Waals surface area (Å²) in [5.74, 6) is -1.00. The zero-order valence-corrected chi connectivity index (χ0v) is 15.3. The Bertz CT molecular complexity index is 432. The molecular weight excluding hydrogens is 320 g/mol. The molecule has 0 aromatic carbocycles. The first kappa shape index (κ1) is 21.9. The van der Waals surface area contributed by atoms with Gasteiger partial charge in [-0.2, -0.15) is 0 Å². The molecule has 0 heterocycles. The van der Waals surface area contributed by atoms with Gasteiger partial charge >= 0.3 is 5.97 Å². The van der Waals surface area contributed by atoms with Crippen molar-refractivity contribution in [3.8, 4) is 0 Å². The van der Waals surface area contributed by atoms with Crippen LogP contribution in [0.3, 0.4) is 0 Å². The van der Waals surface area contributed by atoms with Crippen LogP contribution in [0, 0.1) is 11.8 Å². The molecule has 5 nitrogen and oxygen atoms in total. The van der Waals surface area contributed by atoms with E-state index in [1.54, 1.807) is 6.08 Å². The molecule has 0 aromatic heterocycles. The number of aliphatic carboxylic acids is 1. The van der Waals surface area contributed by atoms with E-state index < -0.39 is 24.3 Å². The van der Waals surface area contributed by atoms with Crippen LogP contribution in [0.1, 0.15) is 64.7 Å². The second-order valence-corrected chi connectivity index (χ2v) is 7.05. The SMILES string of the molecule is CCCCC[C@H](O)/C=C/[C@@H]1[C@@H](CC=CCCCC(=O)O)[C@@H](O)C[C@H]1O. The smallest absolute Gasteiger partial charge is 0.303 e. The predicted molar refractivity (Wildman–Crippen MR) is 98.1 cm³/mol. The maximum absolute atomic E-state index is 10.5.